The predicted octanol–water partition coefficient (Wildman–Crippen LogP) is 3.64. The highest BCUT2D eigenvalue weighted by Gasteiger charge is 2.22. The molecule has 1 heterocycles. The topological polar surface area (TPSA) is 90.0 Å². The molecular formula is C19H25N3O5. The number of carbonyl (C=O) groups is 2. The fraction of sp³-hybridized carbons (Fsp3) is 0.421. The minimum absolute atomic E-state index is 0.0518. The first-order valence-electron chi connectivity index (χ1n) is 8.67. The molecule has 146 valence electrons. The number of hydrogen-bond acceptors (Lipinski definition) is 6. The second-order valence-electron chi connectivity index (χ2n) is 6.41. The van der Waals surface area contributed by atoms with Gasteiger partial charge in [-0.25, -0.2) is 20.0 Å². The number of benzene rings is 1. The number of rotatable bonds is 5. The summed E-state index contributed by atoms with van der Waals surface area (Å²) in [7, 11) is 1.58. The van der Waals surface area contributed by atoms with Crippen molar-refractivity contribution in [3.8, 4) is 5.75 Å². The average Bonchev–Trinajstić information content (AvgIpc) is 2.60. The zero-order chi connectivity index (χ0) is 20.0. The van der Waals surface area contributed by atoms with Gasteiger partial charge in [0.1, 0.15) is 5.75 Å². The largest absolute Gasteiger partial charge is 0.496 e. The summed E-state index contributed by atoms with van der Waals surface area (Å²) in [4.78, 5) is 28.8. The van der Waals surface area contributed by atoms with Gasteiger partial charge in [0.15, 0.2) is 0 Å². The van der Waals surface area contributed by atoms with Crippen molar-refractivity contribution in [3.05, 3.63) is 36.0 Å². The van der Waals surface area contributed by atoms with Crippen LogP contribution in [0.1, 0.15) is 33.3 Å². The number of amides is 2. The second kappa shape index (κ2) is 9.07. The number of methoxy groups -OCH3 is 1. The van der Waals surface area contributed by atoms with Crippen LogP contribution in [-0.2, 0) is 16.0 Å². The Bertz CT molecular complexity index is 807. The van der Waals surface area contributed by atoms with Crippen LogP contribution in [0, 0.1) is 0 Å². The third kappa shape index (κ3) is 5.47. The van der Waals surface area contributed by atoms with E-state index in [9.17, 15) is 9.59 Å². The van der Waals surface area contributed by atoms with Gasteiger partial charge in [0.25, 0.3) is 0 Å². The summed E-state index contributed by atoms with van der Waals surface area (Å²) in [6.07, 6.45) is -0.435. The first-order valence-corrected chi connectivity index (χ1v) is 8.67. The molecule has 0 saturated heterocycles. The fourth-order valence-electron chi connectivity index (χ4n) is 2.45. The van der Waals surface area contributed by atoms with Gasteiger partial charge in [0, 0.05) is 17.1 Å². The van der Waals surface area contributed by atoms with E-state index >= 15 is 0 Å². The van der Waals surface area contributed by atoms with Crippen LogP contribution in [-0.4, -0.2) is 41.5 Å². The van der Waals surface area contributed by atoms with Crippen molar-refractivity contribution in [3.63, 3.8) is 0 Å². The summed E-state index contributed by atoms with van der Waals surface area (Å²) >= 11 is 0. The van der Waals surface area contributed by atoms with Crippen LogP contribution < -0.4 is 10.2 Å². The summed E-state index contributed by atoms with van der Waals surface area (Å²) in [5.41, 5.74) is 3.82. The Morgan fingerprint density at radius 2 is 1.81 bits per heavy atom. The van der Waals surface area contributed by atoms with Crippen molar-refractivity contribution in [2.75, 3.05) is 7.11 Å². The maximum absolute atomic E-state index is 12.4. The molecular weight excluding hydrogens is 350 g/mol. The molecule has 0 aliphatic carbocycles. The number of fused-ring (bicyclic) bond motifs is 1. The van der Waals surface area contributed by atoms with E-state index in [0.29, 0.717) is 11.3 Å². The monoisotopic (exact) mass is 375 g/mol. The number of hydrogen-bond donors (Lipinski definition) is 1. The van der Waals surface area contributed by atoms with Crippen molar-refractivity contribution in [2.24, 2.45) is 0 Å². The molecule has 1 N–H and O–H groups in total. The van der Waals surface area contributed by atoms with Crippen molar-refractivity contribution in [1.29, 1.82) is 0 Å². The van der Waals surface area contributed by atoms with Gasteiger partial charge in [-0.05, 0) is 45.9 Å². The van der Waals surface area contributed by atoms with Crippen LogP contribution in [0.3, 0.4) is 0 Å². The lowest BCUT2D eigenvalue weighted by molar-refractivity contribution is 0.0445. The third-order valence-electron chi connectivity index (χ3n) is 3.49. The first-order chi connectivity index (χ1) is 12.8. The van der Waals surface area contributed by atoms with Crippen LogP contribution >= 0.6 is 0 Å². The molecule has 0 aliphatic rings. The highest BCUT2D eigenvalue weighted by molar-refractivity contribution is 5.88. The molecule has 0 unspecified atom stereocenters. The smallest absolute Gasteiger partial charge is 0.429 e. The van der Waals surface area contributed by atoms with E-state index in [1.165, 1.54) is 0 Å². The molecule has 2 aromatic rings. The summed E-state index contributed by atoms with van der Waals surface area (Å²) < 4.78 is 15.6. The van der Waals surface area contributed by atoms with Crippen LogP contribution in [0.25, 0.3) is 10.9 Å². The molecule has 8 nitrogen and oxygen atoms in total. The van der Waals surface area contributed by atoms with Crippen LogP contribution in [0.2, 0.25) is 0 Å². The van der Waals surface area contributed by atoms with E-state index in [-0.39, 0.29) is 18.8 Å². The minimum Gasteiger partial charge on any atom is -0.496 e. The Kier molecular flexibility index (Phi) is 6.81. The molecule has 0 fully saturated rings. The normalized spacial score (nSPS) is 10.8. The van der Waals surface area contributed by atoms with Crippen molar-refractivity contribution < 1.29 is 23.8 Å². The molecule has 2 amide bonds. The highest BCUT2D eigenvalue weighted by Crippen LogP contribution is 2.27. The minimum atomic E-state index is -0.739. The molecule has 27 heavy (non-hydrogen) atoms. The maximum Gasteiger partial charge on any atom is 0.429 e. The quantitative estimate of drug-likeness (QED) is 0.803. The van der Waals surface area contributed by atoms with Gasteiger partial charge in [-0.2, -0.15) is 0 Å². The molecule has 0 aliphatic heterocycles. The third-order valence-corrected chi connectivity index (χ3v) is 3.49. The van der Waals surface area contributed by atoms with E-state index in [4.69, 9.17) is 14.2 Å². The van der Waals surface area contributed by atoms with Crippen molar-refractivity contribution in [2.45, 2.75) is 46.4 Å². The summed E-state index contributed by atoms with van der Waals surface area (Å²) in [6, 6.07) is 7.26. The van der Waals surface area contributed by atoms with Gasteiger partial charge in [0.2, 0.25) is 0 Å². The van der Waals surface area contributed by atoms with E-state index < -0.39 is 12.2 Å². The lowest BCUT2D eigenvalue weighted by atomic mass is 10.1. The summed E-state index contributed by atoms with van der Waals surface area (Å²) in [5, 5.41) is 1.88. The first kappa shape index (κ1) is 20.3. The Morgan fingerprint density at radius 1 is 1.11 bits per heavy atom. The van der Waals surface area contributed by atoms with Gasteiger partial charge >= 0.3 is 12.2 Å². The van der Waals surface area contributed by atoms with E-state index in [2.05, 4.69) is 10.4 Å². The molecule has 0 atom stereocenters. The Labute approximate surface area is 158 Å². The van der Waals surface area contributed by atoms with Crippen LogP contribution in [0.15, 0.2) is 30.5 Å². The van der Waals surface area contributed by atoms with E-state index in [1.54, 1.807) is 59.2 Å². The molecule has 0 saturated carbocycles. The molecule has 0 bridgehead atoms. The van der Waals surface area contributed by atoms with Crippen molar-refractivity contribution >= 4 is 23.1 Å². The number of pyridine rings is 1. The SMILES string of the molecule is COc1ccc(CN(NC(=O)OC(C)C)C(=O)OC(C)C)c2ncccc12. The zero-order valence-electron chi connectivity index (χ0n) is 16.2. The van der Waals surface area contributed by atoms with Gasteiger partial charge < -0.3 is 14.2 Å². The number of aromatic nitrogens is 1. The van der Waals surface area contributed by atoms with Gasteiger partial charge in [-0.15, -0.1) is 0 Å². The standard InChI is InChI=1S/C19H25N3O5/c1-12(2)26-18(23)21-22(19(24)27-13(3)4)11-14-8-9-16(25-5)15-7-6-10-20-17(14)15/h6-10,12-13H,11H2,1-5H3,(H,21,23). The molecule has 1 aromatic heterocycles. The number of carbonyl (C=O) groups excluding carboxylic acids is 2. The summed E-state index contributed by atoms with van der Waals surface area (Å²) in [5.74, 6) is 0.672. The Balaban J connectivity index is 2.33. The Hall–Kier alpha value is -3.03. The van der Waals surface area contributed by atoms with Crippen molar-refractivity contribution in [1.82, 2.24) is 15.4 Å². The lowest BCUT2D eigenvalue weighted by Crippen LogP contribution is -2.47. The van der Waals surface area contributed by atoms with E-state index in [1.807, 2.05) is 6.07 Å². The van der Waals surface area contributed by atoms with Crippen LogP contribution in [0.4, 0.5) is 9.59 Å². The maximum atomic E-state index is 12.4. The summed E-state index contributed by atoms with van der Waals surface area (Å²) in [6.45, 7) is 6.95. The molecule has 0 radical (unpaired) electrons. The number of nitrogens with one attached hydrogen (secondary N) is 1. The average molecular weight is 375 g/mol. The van der Waals surface area contributed by atoms with Crippen LogP contribution in [0.5, 0.6) is 5.75 Å². The van der Waals surface area contributed by atoms with E-state index in [0.717, 1.165) is 16.0 Å². The lowest BCUT2D eigenvalue weighted by Gasteiger charge is -2.24. The number of hydrazine groups is 1. The number of ether oxygens (including phenoxy) is 3. The highest BCUT2D eigenvalue weighted by atomic mass is 16.6. The zero-order valence-corrected chi connectivity index (χ0v) is 16.2. The molecule has 1 aromatic carbocycles. The molecule has 8 heteroatoms. The predicted molar refractivity (Wildman–Crippen MR) is 100 cm³/mol. The van der Waals surface area contributed by atoms with Gasteiger partial charge in [0.05, 0.1) is 31.4 Å². The van der Waals surface area contributed by atoms with Gasteiger partial charge in [-0.1, -0.05) is 6.07 Å². The fourth-order valence-corrected chi connectivity index (χ4v) is 2.45. The molecule has 0 spiro atoms. The van der Waals surface area contributed by atoms with Gasteiger partial charge in [-0.3, -0.25) is 4.98 Å². The number of nitrogens with zero attached hydrogens (tertiary/aromatic N) is 2. The second-order valence-corrected chi connectivity index (χ2v) is 6.41. The molecule has 2 rings (SSSR count). The Morgan fingerprint density at radius 3 is 2.44 bits per heavy atom.